The number of halogens is 4. The molecule has 2 saturated carbocycles. The van der Waals surface area contributed by atoms with E-state index in [1.165, 1.54) is 62.5 Å². The van der Waals surface area contributed by atoms with E-state index in [0.717, 1.165) is 31.2 Å². The van der Waals surface area contributed by atoms with Crippen LogP contribution in [0, 0.1) is 0 Å². The smallest absolute Gasteiger partial charge is 0.193 e. The summed E-state index contributed by atoms with van der Waals surface area (Å²) < 4.78 is 14.9. The maximum Gasteiger partial charge on any atom is 0.193 e. The van der Waals surface area contributed by atoms with E-state index < -0.39 is 16.6 Å². The molecule has 2 N–H and O–H groups in total. The molecule has 4 nitrogen and oxygen atoms in total. The fraction of sp³-hybridized carbons (Fsp3) is 0.600. The topological polar surface area (TPSA) is 42.5 Å². The monoisotopic (exact) mass is 1130 g/mol. The van der Waals surface area contributed by atoms with Gasteiger partial charge in [-0.1, -0.05) is 204 Å². The van der Waals surface area contributed by atoms with Crippen LogP contribution in [-0.2, 0) is 8.85 Å². The Morgan fingerprint density at radius 3 is 1.06 bits per heavy atom. The third-order valence-electron chi connectivity index (χ3n) is 15.1. The number of thioether (sulfide) groups is 2. The Kier molecular flexibility index (Phi) is 22.4. The van der Waals surface area contributed by atoms with Gasteiger partial charge in [0.15, 0.2) is 16.6 Å². The molecule has 0 saturated heterocycles. The van der Waals surface area contributed by atoms with Crippen LogP contribution in [0.2, 0.25) is 56.4 Å². The van der Waals surface area contributed by atoms with Crippen molar-refractivity contribution in [3.05, 3.63) is 139 Å². The van der Waals surface area contributed by atoms with E-state index >= 15 is 0 Å². The van der Waals surface area contributed by atoms with Crippen molar-refractivity contribution in [2.75, 3.05) is 0 Å². The van der Waals surface area contributed by atoms with Gasteiger partial charge in [0.05, 0.1) is 24.3 Å². The van der Waals surface area contributed by atoms with Crippen molar-refractivity contribution < 1.29 is 8.85 Å². The predicted molar refractivity (Wildman–Crippen MR) is 326 cm³/mol. The highest BCUT2D eigenvalue weighted by Crippen LogP contribution is 2.48. The van der Waals surface area contributed by atoms with Crippen LogP contribution in [0.3, 0.4) is 0 Å². The van der Waals surface area contributed by atoms with Gasteiger partial charge < -0.3 is 19.5 Å². The predicted octanol–water partition coefficient (Wildman–Crippen LogP) is 20.5. The second-order valence-electron chi connectivity index (χ2n) is 25.4. The van der Waals surface area contributed by atoms with Crippen LogP contribution in [-0.4, -0.2) is 48.7 Å². The first kappa shape index (κ1) is 61.9. The molecular weight excluding hydrogens is 1040 g/mol. The van der Waals surface area contributed by atoms with Crippen molar-refractivity contribution in [1.29, 1.82) is 0 Å². The molecule has 6 rings (SSSR count). The SMILES string of the molecule is CC(C)(C)S[C@@H]1CCCC[C@H]1N[C@H](c1ccc(Cl)cc1)[C@H](O[Si](C)(C)C(C)(C)C)c1cccc(Cl)c1.CC(C)(C)S[C@H]1CCCC[C@@H]1N[C@H](c1ccc(Cl)cc1)[C@H](O[Si](C)(C)C(C)(C)C)c1cccc(Cl)c1. The lowest BCUT2D eigenvalue weighted by Crippen LogP contribution is -2.48. The van der Waals surface area contributed by atoms with Crippen molar-refractivity contribution in [2.45, 2.75) is 227 Å². The van der Waals surface area contributed by atoms with Crippen LogP contribution in [0.1, 0.15) is 181 Å². The molecule has 2 fully saturated rings. The molecule has 0 aromatic heterocycles. The Morgan fingerprint density at radius 2 is 0.764 bits per heavy atom. The Bertz CT molecular complexity index is 2130. The molecular formula is C60H90Cl4N2O2S2Si2. The van der Waals surface area contributed by atoms with E-state index in [1.807, 2.05) is 48.5 Å². The maximum absolute atomic E-state index is 7.25. The molecule has 4 aromatic rings. The summed E-state index contributed by atoms with van der Waals surface area (Å²) in [5.41, 5.74) is 4.65. The maximum atomic E-state index is 7.25. The molecule has 400 valence electrons. The quantitative estimate of drug-likeness (QED) is 0.109. The minimum Gasteiger partial charge on any atom is -0.408 e. The third kappa shape index (κ3) is 18.6. The number of hydrogen-bond acceptors (Lipinski definition) is 6. The van der Waals surface area contributed by atoms with Gasteiger partial charge in [-0.3, -0.25) is 0 Å². The van der Waals surface area contributed by atoms with Crippen molar-refractivity contribution >= 4 is 86.6 Å². The fourth-order valence-electron chi connectivity index (χ4n) is 9.30. The summed E-state index contributed by atoms with van der Waals surface area (Å²) in [7, 11) is -4.22. The van der Waals surface area contributed by atoms with Crippen LogP contribution in [0.4, 0.5) is 0 Å². The normalized spacial score (nSPS) is 21.3. The summed E-state index contributed by atoms with van der Waals surface area (Å²) in [4.78, 5) is 0. The lowest BCUT2D eigenvalue weighted by molar-refractivity contribution is 0.125. The Morgan fingerprint density at radius 1 is 0.444 bits per heavy atom. The van der Waals surface area contributed by atoms with Crippen LogP contribution in [0.15, 0.2) is 97.1 Å². The zero-order chi connectivity index (χ0) is 53.5. The lowest BCUT2D eigenvalue weighted by Gasteiger charge is -2.44. The Hall–Kier alpha value is -0.986. The highest BCUT2D eigenvalue weighted by molar-refractivity contribution is 8.01. The molecule has 0 unspecified atom stereocenters. The molecule has 4 aromatic carbocycles. The van der Waals surface area contributed by atoms with Gasteiger partial charge in [-0.15, -0.1) is 0 Å². The van der Waals surface area contributed by atoms with Crippen LogP contribution in [0.25, 0.3) is 0 Å². The lowest BCUT2D eigenvalue weighted by atomic mass is 9.90. The first-order valence-corrected chi connectivity index (χ1v) is 35.7. The van der Waals surface area contributed by atoms with Gasteiger partial charge in [-0.05, 0) is 133 Å². The summed E-state index contributed by atoms with van der Waals surface area (Å²) in [6.07, 6.45) is 9.66. The summed E-state index contributed by atoms with van der Waals surface area (Å²) in [6.45, 7) is 37.1. The zero-order valence-corrected chi connectivity index (χ0v) is 53.3. The van der Waals surface area contributed by atoms with Crippen molar-refractivity contribution in [1.82, 2.24) is 10.6 Å². The molecule has 2 aliphatic rings. The minimum absolute atomic E-state index is 0.0129. The van der Waals surface area contributed by atoms with E-state index in [9.17, 15) is 0 Å². The molecule has 0 spiro atoms. The van der Waals surface area contributed by atoms with Gasteiger partial charge in [-0.25, -0.2) is 0 Å². The van der Waals surface area contributed by atoms with Crippen molar-refractivity contribution in [2.24, 2.45) is 0 Å². The molecule has 2 aliphatic carbocycles. The average molecular weight is 1130 g/mol. The highest BCUT2D eigenvalue weighted by atomic mass is 35.5. The second kappa shape index (κ2) is 26.1. The first-order valence-electron chi connectivity index (χ1n) is 26.6. The van der Waals surface area contributed by atoms with Gasteiger partial charge in [0.25, 0.3) is 0 Å². The number of benzene rings is 4. The molecule has 0 bridgehead atoms. The van der Waals surface area contributed by atoms with Gasteiger partial charge >= 0.3 is 0 Å². The highest BCUT2D eigenvalue weighted by Gasteiger charge is 2.45. The first-order chi connectivity index (χ1) is 33.3. The van der Waals surface area contributed by atoms with Crippen molar-refractivity contribution in [3.8, 4) is 0 Å². The van der Waals surface area contributed by atoms with Crippen LogP contribution in [0.5, 0.6) is 0 Å². The van der Waals surface area contributed by atoms with E-state index in [4.69, 9.17) is 55.3 Å². The van der Waals surface area contributed by atoms with Gasteiger partial charge in [0.1, 0.15) is 0 Å². The molecule has 0 amide bonds. The van der Waals surface area contributed by atoms with Gasteiger partial charge in [0.2, 0.25) is 0 Å². The minimum atomic E-state index is -2.11. The summed E-state index contributed by atoms with van der Waals surface area (Å²) in [5.74, 6) is 0. The van der Waals surface area contributed by atoms with Gasteiger partial charge in [-0.2, -0.15) is 23.5 Å². The molecule has 0 heterocycles. The van der Waals surface area contributed by atoms with E-state index in [2.05, 4.69) is 192 Å². The molecule has 8 atom stereocenters. The summed E-state index contributed by atoms with van der Waals surface area (Å²) in [6, 6.07) is 33.8. The van der Waals surface area contributed by atoms with E-state index in [1.54, 1.807) is 0 Å². The summed E-state index contributed by atoms with van der Waals surface area (Å²) in [5, 5.41) is 12.6. The van der Waals surface area contributed by atoms with E-state index in [-0.39, 0.29) is 43.9 Å². The second-order valence-corrected chi connectivity index (χ2v) is 40.8. The molecule has 72 heavy (non-hydrogen) atoms. The summed E-state index contributed by atoms with van der Waals surface area (Å²) >= 11 is 29.9. The largest absolute Gasteiger partial charge is 0.408 e. The van der Waals surface area contributed by atoms with E-state index in [0.29, 0.717) is 22.6 Å². The molecule has 0 aliphatic heterocycles. The molecule has 0 radical (unpaired) electrons. The standard InChI is InChI=1S/2C30H45Cl2NOSSi/c2*1-29(2,3)35-26-15-10-9-14-25(26)33-27(21-16-18-23(31)19-17-21)28(22-12-11-13-24(32)20-22)34-36(7,8)30(4,5)6/h2*11-13,16-20,25-28,33H,9-10,14-15H2,1-8H3/t25-,26-,27+,28+;25-,26-,27-,28-/m01/s1. The van der Waals surface area contributed by atoms with Crippen LogP contribution < -0.4 is 10.6 Å². The third-order valence-corrected chi connectivity index (χ3v) is 28.1. The average Bonchev–Trinajstić information content (AvgIpc) is 3.26. The Labute approximate surface area is 469 Å². The Balaban J connectivity index is 0.000000267. The van der Waals surface area contributed by atoms with Gasteiger partial charge in [0, 0.05) is 52.2 Å². The van der Waals surface area contributed by atoms with Crippen LogP contribution >= 0.6 is 69.9 Å². The zero-order valence-electron chi connectivity index (χ0n) is 46.7. The number of nitrogens with one attached hydrogen (secondary N) is 2. The van der Waals surface area contributed by atoms with Crippen molar-refractivity contribution in [3.63, 3.8) is 0 Å². The fourth-order valence-corrected chi connectivity index (χ4v) is 15.6. The number of rotatable bonds is 16. The number of hydrogen-bond donors (Lipinski definition) is 2. The molecule has 12 heteroatoms.